The molecule has 0 radical (unpaired) electrons. The van der Waals surface area contributed by atoms with Gasteiger partial charge in [0.25, 0.3) is 5.91 Å². The number of benzene rings is 2. The number of rotatable bonds is 3. The molecule has 5 heteroatoms. The summed E-state index contributed by atoms with van der Waals surface area (Å²) in [5.74, 6) is -0.0550. The van der Waals surface area contributed by atoms with Gasteiger partial charge >= 0.3 is 0 Å². The van der Waals surface area contributed by atoms with E-state index in [0.717, 1.165) is 22.6 Å². The molecule has 0 aliphatic rings. The largest absolute Gasteiger partial charge is 0.451 e. The van der Waals surface area contributed by atoms with Crippen LogP contribution >= 0.6 is 0 Å². The van der Waals surface area contributed by atoms with Gasteiger partial charge in [0.15, 0.2) is 12.0 Å². The van der Waals surface area contributed by atoms with Crippen molar-refractivity contribution < 1.29 is 14.0 Å². The van der Waals surface area contributed by atoms with Crippen molar-refractivity contribution in [2.45, 2.75) is 0 Å². The fourth-order valence-electron chi connectivity index (χ4n) is 2.58. The molecule has 112 valence electrons. The number of H-pyrrole nitrogens is 1. The highest BCUT2D eigenvalue weighted by atomic mass is 16.3. The number of aromatic nitrogens is 1. The maximum absolute atomic E-state index is 12.3. The zero-order valence-corrected chi connectivity index (χ0v) is 12.0. The van der Waals surface area contributed by atoms with Gasteiger partial charge < -0.3 is 14.7 Å². The van der Waals surface area contributed by atoms with Gasteiger partial charge in [-0.15, -0.1) is 0 Å². The summed E-state index contributed by atoms with van der Waals surface area (Å²) in [6.45, 7) is 0. The van der Waals surface area contributed by atoms with Crippen LogP contribution in [-0.4, -0.2) is 17.2 Å². The Morgan fingerprint density at radius 3 is 2.74 bits per heavy atom. The van der Waals surface area contributed by atoms with E-state index in [1.807, 2.05) is 30.3 Å². The minimum atomic E-state index is -0.313. The van der Waals surface area contributed by atoms with Gasteiger partial charge in [-0.2, -0.15) is 0 Å². The maximum Gasteiger partial charge on any atom is 0.291 e. The smallest absolute Gasteiger partial charge is 0.291 e. The number of hydrogen-bond donors (Lipinski definition) is 2. The van der Waals surface area contributed by atoms with Crippen LogP contribution in [0.4, 0.5) is 5.69 Å². The van der Waals surface area contributed by atoms with Crippen molar-refractivity contribution >= 4 is 39.8 Å². The minimum Gasteiger partial charge on any atom is -0.451 e. The van der Waals surface area contributed by atoms with E-state index in [2.05, 4.69) is 10.3 Å². The van der Waals surface area contributed by atoms with Gasteiger partial charge in [-0.1, -0.05) is 18.2 Å². The highest BCUT2D eigenvalue weighted by Gasteiger charge is 2.12. The number of carbonyl (C=O) groups is 2. The molecule has 2 aromatic heterocycles. The second-order valence-corrected chi connectivity index (χ2v) is 5.25. The Labute approximate surface area is 130 Å². The second-order valence-electron chi connectivity index (χ2n) is 5.25. The Kier molecular flexibility index (Phi) is 2.98. The van der Waals surface area contributed by atoms with E-state index in [1.54, 1.807) is 24.3 Å². The molecule has 4 rings (SSSR count). The number of amides is 1. The van der Waals surface area contributed by atoms with Gasteiger partial charge in [-0.25, -0.2) is 0 Å². The molecule has 0 fully saturated rings. The number of nitrogens with one attached hydrogen (secondary N) is 2. The lowest BCUT2D eigenvalue weighted by molar-refractivity contribution is 0.0998. The molecule has 0 saturated carbocycles. The summed E-state index contributed by atoms with van der Waals surface area (Å²) in [5.41, 5.74) is 2.66. The van der Waals surface area contributed by atoms with Gasteiger partial charge in [0.2, 0.25) is 0 Å². The number of aldehydes is 1. The highest BCUT2D eigenvalue weighted by Crippen LogP contribution is 2.22. The van der Waals surface area contributed by atoms with Crippen LogP contribution in [0.2, 0.25) is 0 Å². The molecular weight excluding hydrogens is 292 g/mol. The van der Waals surface area contributed by atoms with Crippen LogP contribution < -0.4 is 5.32 Å². The van der Waals surface area contributed by atoms with Crippen LogP contribution in [0.3, 0.4) is 0 Å². The highest BCUT2D eigenvalue weighted by molar-refractivity contribution is 6.05. The molecular formula is C18H12N2O3. The van der Waals surface area contributed by atoms with Crippen LogP contribution in [0, 0.1) is 0 Å². The Bertz CT molecular complexity index is 1010. The summed E-state index contributed by atoms with van der Waals surface area (Å²) in [6.07, 6.45) is 0.757. The third-order valence-corrected chi connectivity index (χ3v) is 3.68. The Balaban J connectivity index is 1.63. The first-order valence-electron chi connectivity index (χ1n) is 7.11. The summed E-state index contributed by atoms with van der Waals surface area (Å²) in [5, 5.41) is 4.54. The van der Waals surface area contributed by atoms with Crippen molar-refractivity contribution in [3.05, 3.63) is 66.1 Å². The first-order valence-corrected chi connectivity index (χ1v) is 7.11. The average molecular weight is 304 g/mol. The van der Waals surface area contributed by atoms with Crippen molar-refractivity contribution in [1.29, 1.82) is 0 Å². The maximum atomic E-state index is 12.3. The summed E-state index contributed by atoms with van der Waals surface area (Å²) < 4.78 is 5.55. The molecule has 23 heavy (non-hydrogen) atoms. The molecule has 5 nitrogen and oxygen atoms in total. The van der Waals surface area contributed by atoms with Gasteiger partial charge in [0, 0.05) is 22.0 Å². The SMILES string of the molecule is O=Cc1cc2cc(NC(=O)c3cc4ccccc4o3)ccc2[nH]1. The lowest BCUT2D eigenvalue weighted by Crippen LogP contribution is -2.10. The molecule has 0 spiro atoms. The van der Waals surface area contributed by atoms with E-state index < -0.39 is 0 Å². The number of para-hydroxylation sites is 1. The van der Waals surface area contributed by atoms with E-state index in [-0.39, 0.29) is 11.7 Å². The van der Waals surface area contributed by atoms with Gasteiger partial charge in [-0.3, -0.25) is 9.59 Å². The first-order chi connectivity index (χ1) is 11.2. The van der Waals surface area contributed by atoms with Crippen molar-refractivity contribution in [2.75, 3.05) is 5.32 Å². The van der Waals surface area contributed by atoms with Crippen LogP contribution in [-0.2, 0) is 0 Å². The lowest BCUT2D eigenvalue weighted by atomic mass is 10.2. The molecule has 4 aromatic rings. The topological polar surface area (TPSA) is 75.1 Å². The summed E-state index contributed by atoms with van der Waals surface area (Å²) in [7, 11) is 0. The molecule has 1 amide bonds. The molecule has 0 saturated heterocycles. The molecule has 0 atom stereocenters. The quantitative estimate of drug-likeness (QED) is 0.562. The predicted molar refractivity (Wildman–Crippen MR) is 87.9 cm³/mol. The molecule has 0 bridgehead atoms. The second kappa shape index (κ2) is 5.14. The normalized spacial score (nSPS) is 11.0. The zero-order chi connectivity index (χ0) is 15.8. The van der Waals surface area contributed by atoms with E-state index >= 15 is 0 Å². The third kappa shape index (κ3) is 2.38. The number of furan rings is 1. The average Bonchev–Trinajstić information content (AvgIpc) is 3.17. The minimum absolute atomic E-state index is 0.258. The Morgan fingerprint density at radius 2 is 1.91 bits per heavy atom. The van der Waals surface area contributed by atoms with Crippen molar-refractivity contribution in [3.63, 3.8) is 0 Å². The molecule has 0 aliphatic heterocycles. The molecule has 2 aromatic carbocycles. The fourth-order valence-corrected chi connectivity index (χ4v) is 2.58. The van der Waals surface area contributed by atoms with Crippen molar-refractivity contribution in [2.24, 2.45) is 0 Å². The molecule has 2 heterocycles. The Morgan fingerprint density at radius 1 is 1.04 bits per heavy atom. The van der Waals surface area contributed by atoms with Crippen LogP contribution in [0.25, 0.3) is 21.9 Å². The van der Waals surface area contributed by atoms with Gasteiger partial charge in [0.1, 0.15) is 5.58 Å². The number of aromatic amines is 1. The van der Waals surface area contributed by atoms with E-state index in [4.69, 9.17) is 4.42 Å². The zero-order valence-electron chi connectivity index (χ0n) is 12.0. The fraction of sp³-hybridized carbons (Fsp3) is 0. The summed E-state index contributed by atoms with van der Waals surface area (Å²) >= 11 is 0. The number of anilines is 1. The van der Waals surface area contributed by atoms with Gasteiger partial charge in [0.05, 0.1) is 5.69 Å². The van der Waals surface area contributed by atoms with Crippen molar-refractivity contribution in [3.8, 4) is 0 Å². The van der Waals surface area contributed by atoms with Gasteiger partial charge in [-0.05, 0) is 36.4 Å². The third-order valence-electron chi connectivity index (χ3n) is 3.68. The van der Waals surface area contributed by atoms with Crippen LogP contribution in [0.15, 0.2) is 59.0 Å². The van der Waals surface area contributed by atoms with E-state index in [1.165, 1.54) is 0 Å². The lowest BCUT2D eigenvalue weighted by Gasteiger charge is -2.03. The molecule has 2 N–H and O–H groups in total. The van der Waals surface area contributed by atoms with E-state index in [0.29, 0.717) is 17.0 Å². The predicted octanol–water partition coefficient (Wildman–Crippen LogP) is 3.98. The molecule has 0 aliphatic carbocycles. The number of hydrogen-bond acceptors (Lipinski definition) is 3. The van der Waals surface area contributed by atoms with Crippen molar-refractivity contribution in [1.82, 2.24) is 4.98 Å². The molecule has 0 unspecified atom stereocenters. The standard InChI is InChI=1S/C18H12N2O3/c21-10-14-8-12-7-13(5-6-15(12)19-14)20-18(22)17-9-11-3-1-2-4-16(11)23-17/h1-10,19H,(H,20,22). The van der Waals surface area contributed by atoms with Crippen LogP contribution in [0.1, 0.15) is 21.0 Å². The first kappa shape index (κ1) is 13.3. The number of carbonyl (C=O) groups excluding carboxylic acids is 2. The van der Waals surface area contributed by atoms with Crippen LogP contribution in [0.5, 0.6) is 0 Å². The summed E-state index contributed by atoms with van der Waals surface area (Å²) in [6, 6.07) is 16.3. The van der Waals surface area contributed by atoms with E-state index in [9.17, 15) is 9.59 Å². The number of fused-ring (bicyclic) bond motifs is 2. The summed E-state index contributed by atoms with van der Waals surface area (Å²) in [4.78, 5) is 26.1. The Hall–Kier alpha value is -3.34. The monoisotopic (exact) mass is 304 g/mol.